The van der Waals surface area contributed by atoms with E-state index in [1.165, 1.54) is 12.1 Å². The Morgan fingerprint density at radius 2 is 2.14 bits per heavy atom. The molecule has 1 saturated heterocycles. The predicted molar refractivity (Wildman–Crippen MR) is 87.5 cm³/mol. The number of halogens is 1. The molecule has 1 aromatic carbocycles. The summed E-state index contributed by atoms with van der Waals surface area (Å²) in [5.41, 5.74) is 0.299. The van der Waals surface area contributed by atoms with Gasteiger partial charge in [0.05, 0.1) is 11.0 Å². The summed E-state index contributed by atoms with van der Waals surface area (Å²) in [4.78, 5) is 25.4. The Kier molecular flexibility index (Phi) is 5.31. The minimum Gasteiger partial charge on any atom is -0.462 e. The summed E-state index contributed by atoms with van der Waals surface area (Å²) in [6.07, 6.45) is 1.17. The van der Waals surface area contributed by atoms with E-state index in [2.05, 4.69) is 0 Å². The molecule has 0 aromatic heterocycles. The van der Waals surface area contributed by atoms with Crippen LogP contribution in [-0.2, 0) is 14.3 Å². The van der Waals surface area contributed by atoms with E-state index in [0.29, 0.717) is 5.56 Å². The molecule has 4 nitrogen and oxygen atoms in total. The number of amides is 1. The van der Waals surface area contributed by atoms with Crippen LogP contribution in [0.4, 0.5) is 4.39 Å². The Bertz CT molecular complexity index is 658. The highest BCUT2D eigenvalue weighted by molar-refractivity contribution is 8.26. The molecule has 0 unspecified atom stereocenters. The highest BCUT2D eigenvalue weighted by Crippen LogP contribution is 2.32. The molecule has 1 fully saturated rings. The number of hydrogen-bond donors (Lipinski definition) is 0. The van der Waals surface area contributed by atoms with E-state index in [9.17, 15) is 14.0 Å². The molecule has 0 bridgehead atoms. The highest BCUT2D eigenvalue weighted by Gasteiger charge is 2.34. The maximum absolute atomic E-state index is 13.6. The third-order valence-corrected chi connectivity index (χ3v) is 4.10. The molecule has 2 rings (SSSR count). The van der Waals surface area contributed by atoms with E-state index < -0.39 is 17.7 Å². The summed E-state index contributed by atoms with van der Waals surface area (Å²) in [5, 5.41) is 0. The Morgan fingerprint density at radius 1 is 1.45 bits per heavy atom. The molecule has 0 aliphatic carbocycles. The first kappa shape index (κ1) is 16.6. The molecule has 116 valence electrons. The second kappa shape index (κ2) is 7.02. The summed E-state index contributed by atoms with van der Waals surface area (Å²) in [6.45, 7) is 3.21. The van der Waals surface area contributed by atoms with Gasteiger partial charge in [-0.05, 0) is 26.0 Å². The lowest BCUT2D eigenvalue weighted by atomic mass is 10.2. The lowest BCUT2D eigenvalue weighted by molar-refractivity contribution is -0.149. The molecule has 22 heavy (non-hydrogen) atoms. The van der Waals surface area contributed by atoms with Crippen LogP contribution in [-0.4, -0.2) is 33.7 Å². The van der Waals surface area contributed by atoms with Crippen molar-refractivity contribution in [1.29, 1.82) is 0 Å². The van der Waals surface area contributed by atoms with Gasteiger partial charge in [-0.1, -0.05) is 42.2 Å². The van der Waals surface area contributed by atoms with Crippen molar-refractivity contribution in [3.05, 3.63) is 40.6 Å². The fraction of sp³-hybridized carbons (Fsp3) is 0.267. The molecule has 1 amide bonds. The quantitative estimate of drug-likeness (QED) is 0.479. The van der Waals surface area contributed by atoms with E-state index in [0.717, 1.165) is 16.7 Å². The van der Waals surface area contributed by atoms with Crippen LogP contribution in [0.1, 0.15) is 19.4 Å². The molecular weight excluding hydrogens is 325 g/mol. The van der Waals surface area contributed by atoms with Crippen molar-refractivity contribution >= 4 is 46.3 Å². The molecule has 0 radical (unpaired) electrons. The summed E-state index contributed by atoms with van der Waals surface area (Å²) < 4.78 is 18.9. The first-order chi connectivity index (χ1) is 10.4. The number of thioether (sulfide) groups is 1. The Labute approximate surface area is 137 Å². The smallest absolute Gasteiger partial charge is 0.326 e. The van der Waals surface area contributed by atoms with Crippen molar-refractivity contribution in [2.24, 2.45) is 0 Å². The topological polar surface area (TPSA) is 46.6 Å². The zero-order valence-electron chi connectivity index (χ0n) is 12.0. The van der Waals surface area contributed by atoms with Crippen LogP contribution in [0.5, 0.6) is 0 Å². The van der Waals surface area contributed by atoms with Crippen molar-refractivity contribution < 1.29 is 18.7 Å². The molecule has 1 aliphatic rings. The summed E-state index contributed by atoms with van der Waals surface area (Å²) in [7, 11) is 0. The zero-order valence-corrected chi connectivity index (χ0v) is 13.7. The van der Waals surface area contributed by atoms with Crippen molar-refractivity contribution in [2.75, 3.05) is 6.54 Å². The first-order valence-electron chi connectivity index (χ1n) is 6.58. The van der Waals surface area contributed by atoms with Crippen LogP contribution >= 0.6 is 24.0 Å². The zero-order chi connectivity index (χ0) is 16.3. The molecule has 0 saturated carbocycles. The number of nitrogens with zero attached hydrogens (tertiary/aromatic N) is 1. The fourth-order valence-electron chi connectivity index (χ4n) is 1.80. The number of benzene rings is 1. The lowest BCUT2D eigenvalue weighted by Gasteiger charge is -2.14. The number of thiocarbonyl (C=S) groups is 1. The van der Waals surface area contributed by atoms with Gasteiger partial charge in [0.2, 0.25) is 0 Å². The molecule has 1 aliphatic heterocycles. The number of ether oxygens (including phenoxy) is 1. The van der Waals surface area contributed by atoms with Gasteiger partial charge in [-0.2, -0.15) is 0 Å². The van der Waals surface area contributed by atoms with Gasteiger partial charge in [0, 0.05) is 5.56 Å². The fourth-order valence-corrected chi connectivity index (χ4v) is 3.04. The summed E-state index contributed by atoms with van der Waals surface area (Å²) in [6, 6.07) is 6.12. The normalized spacial score (nSPS) is 16.7. The van der Waals surface area contributed by atoms with Crippen LogP contribution in [0.2, 0.25) is 0 Å². The third kappa shape index (κ3) is 3.92. The average molecular weight is 339 g/mol. The van der Waals surface area contributed by atoms with Gasteiger partial charge in [-0.25, -0.2) is 4.39 Å². The molecular formula is C15H14FNO3S2. The maximum Gasteiger partial charge on any atom is 0.326 e. The second-order valence-corrected chi connectivity index (χ2v) is 6.50. The first-order valence-corrected chi connectivity index (χ1v) is 7.80. The van der Waals surface area contributed by atoms with Crippen LogP contribution in [0.15, 0.2) is 29.2 Å². The van der Waals surface area contributed by atoms with E-state index >= 15 is 0 Å². The van der Waals surface area contributed by atoms with Gasteiger partial charge < -0.3 is 4.74 Å². The molecule has 1 heterocycles. The van der Waals surface area contributed by atoms with Crippen molar-refractivity contribution in [2.45, 2.75) is 20.0 Å². The number of rotatable bonds is 4. The van der Waals surface area contributed by atoms with E-state index in [1.54, 1.807) is 32.0 Å². The van der Waals surface area contributed by atoms with Crippen molar-refractivity contribution in [3.8, 4) is 0 Å². The van der Waals surface area contributed by atoms with Crippen LogP contribution in [0.25, 0.3) is 6.08 Å². The Balaban J connectivity index is 2.15. The monoisotopic (exact) mass is 339 g/mol. The average Bonchev–Trinajstić information content (AvgIpc) is 2.68. The van der Waals surface area contributed by atoms with Crippen LogP contribution in [0, 0.1) is 5.82 Å². The lowest BCUT2D eigenvalue weighted by Crippen LogP contribution is -2.35. The van der Waals surface area contributed by atoms with E-state index in [4.69, 9.17) is 17.0 Å². The molecule has 7 heteroatoms. The highest BCUT2D eigenvalue weighted by atomic mass is 32.2. The van der Waals surface area contributed by atoms with E-state index in [1.807, 2.05) is 0 Å². The maximum atomic E-state index is 13.6. The second-order valence-electron chi connectivity index (χ2n) is 4.83. The van der Waals surface area contributed by atoms with Gasteiger partial charge >= 0.3 is 5.97 Å². The minimum absolute atomic E-state index is 0.239. The largest absolute Gasteiger partial charge is 0.462 e. The van der Waals surface area contributed by atoms with Gasteiger partial charge in [0.1, 0.15) is 16.7 Å². The minimum atomic E-state index is -0.529. The summed E-state index contributed by atoms with van der Waals surface area (Å²) in [5.74, 6) is -1.37. The van der Waals surface area contributed by atoms with E-state index in [-0.39, 0.29) is 21.9 Å². The number of carbonyl (C=O) groups is 2. The van der Waals surface area contributed by atoms with Crippen LogP contribution in [0.3, 0.4) is 0 Å². The van der Waals surface area contributed by atoms with Gasteiger partial charge in [0.15, 0.2) is 0 Å². The van der Waals surface area contributed by atoms with Gasteiger partial charge in [0.25, 0.3) is 5.91 Å². The third-order valence-electron chi connectivity index (χ3n) is 2.72. The van der Waals surface area contributed by atoms with Gasteiger partial charge in [-0.3, -0.25) is 14.5 Å². The van der Waals surface area contributed by atoms with Crippen LogP contribution < -0.4 is 0 Å². The Hall–Kier alpha value is -1.73. The Morgan fingerprint density at radius 3 is 2.77 bits per heavy atom. The standard InChI is InChI=1S/C15H14FNO3S2/c1-9(2)20-13(18)8-17-14(19)12(22-15(17)21)7-10-5-3-4-6-11(10)16/h3-7,9H,8H2,1-2H3. The SMILES string of the molecule is CC(C)OC(=O)CN1C(=O)C(=Cc2ccccc2F)SC1=S. The predicted octanol–water partition coefficient (Wildman–Crippen LogP) is 2.98. The number of carbonyl (C=O) groups excluding carboxylic acids is 2. The van der Waals surface area contributed by atoms with Crippen molar-refractivity contribution in [1.82, 2.24) is 4.90 Å². The molecule has 0 N–H and O–H groups in total. The molecule has 1 aromatic rings. The van der Waals surface area contributed by atoms with Gasteiger partial charge in [-0.15, -0.1) is 0 Å². The molecule has 0 atom stereocenters. The summed E-state index contributed by atoms with van der Waals surface area (Å²) >= 11 is 6.14. The number of hydrogen-bond acceptors (Lipinski definition) is 5. The number of esters is 1. The molecule has 0 spiro atoms. The van der Waals surface area contributed by atoms with Crippen molar-refractivity contribution in [3.63, 3.8) is 0 Å².